The number of imidazole rings is 2. The van der Waals surface area contributed by atoms with Gasteiger partial charge < -0.3 is 117 Å². The van der Waals surface area contributed by atoms with Gasteiger partial charge in [0, 0.05) is 49.5 Å². The van der Waals surface area contributed by atoms with E-state index >= 15 is 0 Å². The molecule has 110 heavy (non-hydrogen) atoms. The molecular weight excluding hydrogens is 1460 g/mol. The maximum Gasteiger partial charge on any atom is 0.326 e. The zero-order chi connectivity index (χ0) is 83.1. The lowest BCUT2D eigenvalue weighted by molar-refractivity contribution is -0.142. The van der Waals surface area contributed by atoms with Gasteiger partial charge in [0.05, 0.1) is 38.3 Å². The first-order chi connectivity index (χ1) is 51.7. The molecule has 2 heterocycles. The van der Waals surface area contributed by atoms with E-state index in [1.54, 1.807) is 54.7 Å². The van der Waals surface area contributed by atoms with Crippen LogP contribution in [-0.4, -0.2) is 246 Å². The van der Waals surface area contributed by atoms with Crippen molar-refractivity contribution in [2.75, 3.05) is 31.7 Å². The van der Waals surface area contributed by atoms with Crippen molar-refractivity contribution in [1.29, 1.82) is 0 Å². The Hall–Kier alpha value is -10.4. The number of carbonyl (C=O) groups excluding carboxylic acids is 15. The van der Waals surface area contributed by atoms with E-state index in [0.717, 1.165) is 0 Å². The second kappa shape index (κ2) is 49.6. The molecule has 2 aromatic rings. The molecule has 0 radical (unpaired) electrons. The average molecular weight is 1580 g/mol. The summed E-state index contributed by atoms with van der Waals surface area (Å²) in [5.41, 5.74) is 23.1. The van der Waals surface area contributed by atoms with Crippen LogP contribution in [0.5, 0.6) is 0 Å². The maximum absolute atomic E-state index is 14.6. The number of aromatic nitrogens is 4. The van der Waals surface area contributed by atoms with Crippen LogP contribution in [-0.2, 0) is 94.3 Å². The van der Waals surface area contributed by atoms with Crippen LogP contribution in [0.2, 0.25) is 0 Å². The Kier molecular flexibility index (Phi) is 43.2. The zero-order valence-corrected chi connectivity index (χ0v) is 64.6. The number of amides is 15. The molecule has 0 saturated heterocycles. The Bertz CT molecular complexity index is 3400. The largest absolute Gasteiger partial charge is 0.481 e. The minimum absolute atomic E-state index is 0.0346. The predicted molar refractivity (Wildman–Crippen MR) is 397 cm³/mol. The third-order valence-electron chi connectivity index (χ3n) is 17.1. The van der Waals surface area contributed by atoms with Crippen LogP contribution >= 0.6 is 11.8 Å². The van der Waals surface area contributed by atoms with E-state index in [-0.39, 0.29) is 74.8 Å². The quantitative estimate of drug-likeness (QED) is 0.0274. The second-order valence-electron chi connectivity index (χ2n) is 27.8. The van der Waals surface area contributed by atoms with Crippen LogP contribution in [0.15, 0.2) is 25.0 Å². The van der Waals surface area contributed by atoms with Crippen molar-refractivity contribution >= 4 is 112 Å². The summed E-state index contributed by atoms with van der Waals surface area (Å²) in [5, 5.41) is 61.8. The summed E-state index contributed by atoms with van der Waals surface area (Å²) in [6.07, 6.45) is 4.03. The Balaban J connectivity index is 2.47. The number of hydrogen-bond acceptors (Lipinski definition) is 23. The number of H-pyrrole nitrogens is 2. The van der Waals surface area contributed by atoms with E-state index in [2.05, 4.69) is 89.1 Å². The van der Waals surface area contributed by atoms with Crippen molar-refractivity contribution in [1.82, 2.24) is 89.1 Å². The first kappa shape index (κ1) is 95.7. The number of aliphatic hydroxyl groups excluding tert-OH is 1. The number of nitrogens with two attached hydrogens (primary N) is 4. The van der Waals surface area contributed by atoms with E-state index < -0.39 is 236 Å². The number of aliphatic hydroxyl groups is 1. The molecule has 0 aliphatic carbocycles. The summed E-state index contributed by atoms with van der Waals surface area (Å²) < 4.78 is 0. The standard InChI is InChI=1S/C68H113N21O20S/c1-11-36(8)55(89-61(101)42(16-18-53(94)95)79-65(105)49(30-90)87-66(106)54(35(6)7)88-56(96)37(9)70)67(107)81-41(15-17-50(71)91)59(99)83-45(23-34(4)5)62(102)80-43(19-21-110-10)60(100)84-46(24-38-27-73-31-76-38)63(103)85-47(26-51(72)92)64(104)82-44(22-33(2)3)57(97)75-29-52(93)78-40(14-12-13-20-69)58(98)86-48(68(108)109)25-39-28-74-32-77-39/h27-28,31-37,40-49,54-55,90H,11-26,29-30,69-70H2,1-10H3,(H2,71,91)(H2,72,92)(H,73,76)(H,74,77)(H,75,97)(H,78,93)(H,79,105)(H,80,102)(H,81,107)(H,82,104)(H,83,99)(H,84,100)(H,85,103)(H,86,98)(H,87,106)(H,88,96)(H,89,101)(H,94,95)(H,108,109)/t36-,37-,40-,41-,42-,43-,44-,45-,46-,47-,48-,49-,54-,55-/m0/s1. The number of nitrogens with zero attached hydrogens (tertiary/aromatic N) is 2. The van der Waals surface area contributed by atoms with Gasteiger partial charge >= 0.3 is 11.9 Å². The number of primary amides is 2. The summed E-state index contributed by atoms with van der Waals surface area (Å²) >= 11 is 1.27. The van der Waals surface area contributed by atoms with E-state index in [4.69, 9.17) is 22.9 Å². The molecule has 0 aromatic carbocycles. The molecule has 0 fully saturated rings. The van der Waals surface area contributed by atoms with E-state index in [1.165, 1.54) is 50.7 Å². The van der Waals surface area contributed by atoms with Gasteiger partial charge in [-0.2, -0.15) is 11.8 Å². The fraction of sp³-hybridized carbons (Fsp3) is 0.662. The number of carboxylic acid groups (broad SMARTS) is 2. The Morgan fingerprint density at radius 3 is 1.35 bits per heavy atom. The average Bonchev–Trinajstić information content (AvgIpc) is 1.15. The number of carboxylic acids is 2. The predicted octanol–water partition coefficient (Wildman–Crippen LogP) is -6.04. The molecule has 41 nitrogen and oxygen atoms in total. The fourth-order valence-electron chi connectivity index (χ4n) is 10.8. The van der Waals surface area contributed by atoms with Crippen molar-refractivity contribution in [3.05, 3.63) is 36.4 Å². The smallest absolute Gasteiger partial charge is 0.326 e. The molecule has 14 atom stereocenters. The lowest BCUT2D eigenvalue weighted by Crippen LogP contribution is -2.62. The summed E-state index contributed by atoms with van der Waals surface area (Å²) in [6.45, 7) is 13.0. The SMILES string of the molecule is CC[C@H](C)[C@H](NC(=O)[C@H](CCC(=O)O)NC(=O)[C@H](CO)NC(=O)[C@@H](NC(=O)[C@H](C)N)C(C)C)C(=O)N[C@@H](CCC(N)=O)C(=O)N[C@@H](CC(C)C)C(=O)N[C@@H](CCSC)C(=O)N[C@@H](Cc1cnc[nH]1)C(=O)N[C@@H](CC(N)=O)C(=O)N[C@@H](CC(C)C)C(=O)NCC(=O)N[C@@H](CCCCN)C(=O)N[C@@H](Cc1cnc[nH]1)C(=O)O. The molecule has 2 aromatic heterocycles. The van der Waals surface area contributed by atoms with E-state index in [9.17, 15) is 96.8 Å². The van der Waals surface area contributed by atoms with Gasteiger partial charge in [-0.1, -0.05) is 61.8 Å². The Labute approximate surface area is 641 Å². The fourth-order valence-corrected chi connectivity index (χ4v) is 11.2. The zero-order valence-electron chi connectivity index (χ0n) is 63.7. The van der Waals surface area contributed by atoms with E-state index in [0.29, 0.717) is 18.5 Å². The van der Waals surface area contributed by atoms with Crippen LogP contribution in [0.25, 0.3) is 0 Å². The molecule has 0 aliphatic heterocycles. The first-order valence-corrected chi connectivity index (χ1v) is 37.6. The number of thioether (sulfide) groups is 1. The molecule has 616 valence electrons. The molecule has 0 bridgehead atoms. The molecule has 2 rings (SSSR count). The Morgan fingerprint density at radius 1 is 0.473 bits per heavy atom. The summed E-state index contributed by atoms with van der Waals surface area (Å²) in [6, 6.07) is -19.6. The van der Waals surface area contributed by atoms with Gasteiger partial charge in [-0.05, 0) is 101 Å². The monoisotopic (exact) mass is 1580 g/mol. The minimum atomic E-state index is -1.82. The van der Waals surface area contributed by atoms with Crippen molar-refractivity contribution in [2.45, 2.75) is 231 Å². The number of unbranched alkanes of at least 4 members (excludes halogenated alkanes) is 1. The lowest BCUT2D eigenvalue weighted by Gasteiger charge is -2.30. The number of hydrogen-bond donors (Lipinski definition) is 22. The molecule has 0 spiro atoms. The van der Waals surface area contributed by atoms with Gasteiger partial charge in [0.25, 0.3) is 0 Å². The van der Waals surface area contributed by atoms with Crippen LogP contribution < -0.4 is 92.1 Å². The second-order valence-corrected chi connectivity index (χ2v) is 28.8. The molecule has 0 saturated carbocycles. The minimum Gasteiger partial charge on any atom is -0.481 e. The summed E-state index contributed by atoms with van der Waals surface area (Å²) in [4.78, 5) is 243. The van der Waals surface area contributed by atoms with Crippen LogP contribution in [0.4, 0.5) is 0 Å². The molecular formula is C68H113N21O20S. The van der Waals surface area contributed by atoms with Gasteiger partial charge in [-0.15, -0.1) is 0 Å². The third kappa shape index (κ3) is 35.8. The van der Waals surface area contributed by atoms with Gasteiger partial charge in [-0.3, -0.25) is 76.7 Å². The van der Waals surface area contributed by atoms with Gasteiger partial charge in [0.2, 0.25) is 88.6 Å². The van der Waals surface area contributed by atoms with Crippen LogP contribution in [0.1, 0.15) is 151 Å². The van der Waals surface area contributed by atoms with Crippen molar-refractivity contribution in [3.8, 4) is 0 Å². The highest BCUT2D eigenvalue weighted by molar-refractivity contribution is 7.98. The van der Waals surface area contributed by atoms with Gasteiger partial charge in [0.15, 0.2) is 0 Å². The number of rotatable bonds is 54. The molecule has 0 unspecified atom stereocenters. The van der Waals surface area contributed by atoms with Crippen molar-refractivity contribution in [2.24, 2.45) is 46.6 Å². The summed E-state index contributed by atoms with van der Waals surface area (Å²) in [5.74, 6) is -19.3. The number of nitrogens with one attached hydrogen (secondary N) is 15. The molecule has 42 heteroatoms. The van der Waals surface area contributed by atoms with E-state index in [1.807, 2.05) is 0 Å². The molecule has 0 aliphatic rings. The highest BCUT2D eigenvalue weighted by Gasteiger charge is 2.39. The normalized spacial score (nSPS) is 15.1. The highest BCUT2D eigenvalue weighted by atomic mass is 32.2. The topological polar surface area (TPSA) is 669 Å². The number of aromatic amines is 2. The molecule has 15 amide bonds. The van der Waals surface area contributed by atoms with Crippen LogP contribution in [0.3, 0.4) is 0 Å². The summed E-state index contributed by atoms with van der Waals surface area (Å²) in [7, 11) is 0. The number of carbonyl (C=O) groups is 17. The van der Waals surface area contributed by atoms with Gasteiger partial charge in [-0.25, -0.2) is 14.8 Å². The van der Waals surface area contributed by atoms with Crippen molar-refractivity contribution in [3.63, 3.8) is 0 Å². The molecule has 26 N–H and O–H groups in total. The lowest BCUT2D eigenvalue weighted by atomic mass is 9.96. The van der Waals surface area contributed by atoms with Gasteiger partial charge in [0.1, 0.15) is 72.5 Å². The third-order valence-corrected chi connectivity index (χ3v) is 17.7. The van der Waals surface area contributed by atoms with Crippen LogP contribution in [0, 0.1) is 23.7 Å². The number of aliphatic carboxylic acids is 2. The Morgan fingerprint density at radius 2 is 0.891 bits per heavy atom. The van der Waals surface area contributed by atoms with Crippen molar-refractivity contribution < 1.29 is 96.8 Å². The maximum atomic E-state index is 14.6. The first-order valence-electron chi connectivity index (χ1n) is 36.2. The highest BCUT2D eigenvalue weighted by Crippen LogP contribution is 2.16.